The summed E-state index contributed by atoms with van der Waals surface area (Å²) in [7, 11) is 0. The van der Waals surface area contributed by atoms with Gasteiger partial charge in [0, 0.05) is 0 Å². The van der Waals surface area contributed by atoms with Crippen LogP contribution in [0.4, 0.5) is 0 Å². The van der Waals surface area contributed by atoms with Gasteiger partial charge in [-0.3, -0.25) is 4.68 Å². The number of carbonyl (C=O) groups is 1. The van der Waals surface area contributed by atoms with Gasteiger partial charge < -0.3 is 5.11 Å². The maximum atomic E-state index is 10.8. The van der Waals surface area contributed by atoms with E-state index in [4.69, 9.17) is 5.11 Å². The van der Waals surface area contributed by atoms with E-state index in [1.807, 2.05) is 11.6 Å². The molecule has 0 amide bonds. The third-order valence-corrected chi connectivity index (χ3v) is 2.97. The maximum absolute atomic E-state index is 10.8. The standard InChI is InChI=1S/C10H14N2O2/c1-6(8-3-4-8)12-7(2)9(5-11-12)10(13)14/h5-6,8H,3-4H2,1-2H3,(H,13,14). The van der Waals surface area contributed by atoms with Crippen LogP contribution in [-0.2, 0) is 0 Å². The lowest BCUT2D eigenvalue weighted by Gasteiger charge is -2.12. The lowest BCUT2D eigenvalue weighted by Crippen LogP contribution is -2.11. The van der Waals surface area contributed by atoms with Gasteiger partial charge in [-0.05, 0) is 32.6 Å². The van der Waals surface area contributed by atoms with Crippen LogP contribution in [0.2, 0.25) is 0 Å². The molecule has 1 unspecified atom stereocenters. The molecule has 0 saturated heterocycles. The van der Waals surface area contributed by atoms with E-state index in [2.05, 4.69) is 12.0 Å². The average molecular weight is 194 g/mol. The second-order valence-corrected chi connectivity index (χ2v) is 3.97. The number of aromatic carboxylic acids is 1. The summed E-state index contributed by atoms with van der Waals surface area (Å²) in [6.45, 7) is 3.92. The number of rotatable bonds is 3. The summed E-state index contributed by atoms with van der Waals surface area (Å²) in [5.74, 6) is -0.202. The molecule has 1 N–H and O–H groups in total. The second kappa shape index (κ2) is 3.12. The van der Waals surface area contributed by atoms with Crippen LogP contribution in [-0.4, -0.2) is 20.9 Å². The lowest BCUT2D eigenvalue weighted by molar-refractivity contribution is 0.0696. The number of aromatic nitrogens is 2. The van der Waals surface area contributed by atoms with Gasteiger partial charge >= 0.3 is 5.97 Å². The van der Waals surface area contributed by atoms with Gasteiger partial charge in [0.1, 0.15) is 5.56 Å². The number of hydrogen-bond donors (Lipinski definition) is 1. The molecule has 14 heavy (non-hydrogen) atoms. The fourth-order valence-corrected chi connectivity index (χ4v) is 1.82. The summed E-state index contributed by atoms with van der Waals surface area (Å²) in [4.78, 5) is 10.8. The molecular weight excluding hydrogens is 180 g/mol. The van der Waals surface area contributed by atoms with Crippen LogP contribution in [0.5, 0.6) is 0 Å². The summed E-state index contributed by atoms with van der Waals surface area (Å²) in [5, 5.41) is 13.0. The highest BCUT2D eigenvalue weighted by Gasteiger charge is 2.31. The van der Waals surface area contributed by atoms with Gasteiger partial charge in [0.2, 0.25) is 0 Å². The van der Waals surface area contributed by atoms with Crippen molar-refractivity contribution in [2.24, 2.45) is 5.92 Å². The Morgan fingerprint density at radius 2 is 2.36 bits per heavy atom. The summed E-state index contributed by atoms with van der Waals surface area (Å²) in [6, 6.07) is 0.336. The lowest BCUT2D eigenvalue weighted by atomic mass is 10.2. The van der Waals surface area contributed by atoms with Gasteiger partial charge in [0.25, 0.3) is 0 Å². The third-order valence-electron chi connectivity index (χ3n) is 2.97. The Morgan fingerprint density at radius 3 is 2.79 bits per heavy atom. The molecule has 4 nitrogen and oxygen atoms in total. The van der Waals surface area contributed by atoms with Crippen molar-refractivity contribution in [2.45, 2.75) is 32.7 Å². The van der Waals surface area contributed by atoms with Crippen LogP contribution in [0, 0.1) is 12.8 Å². The van der Waals surface area contributed by atoms with E-state index in [9.17, 15) is 4.79 Å². The second-order valence-electron chi connectivity index (χ2n) is 3.97. The fraction of sp³-hybridized carbons (Fsp3) is 0.600. The first-order valence-corrected chi connectivity index (χ1v) is 4.88. The Bertz CT molecular complexity index is 366. The predicted octanol–water partition coefficient (Wildman–Crippen LogP) is 1.86. The van der Waals surface area contributed by atoms with Crippen LogP contribution in [0.15, 0.2) is 6.20 Å². The molecule has 1 fully saturated rings. The normalized spacial score (nSPS) is 18.1. The molecule has 2 rings (SSSR count). The quantitative estimate of drug-likeness (QED) is 0.799. The summed E-state index contributed by atoms with van der Waals surface area (Å²) in [5.41, 5.74) is 1.08. The van der Waals surface area contributed by atoms with E-state index in [0.29, 0.717) is 17.5 Å². The van der Waals surface area contributed by atoms with Crippen molar-refractivity contribution in [3.63, 3.8) is 0 Å². The van der Waals surface area contributed by atoms with Crippen molar-refractivity contribution in [1.29, 1.82) is 0 Å². The molecule has 0 radical (unpaired) electrons. The smallest absolute Gasteiger partial charge is 0.339 e. The minimum Gasteiger partial charge on any atom is -0.478 e. The van der Waals surface area contributed by atoms with Crippen LogP contribution >= 0.6 is 0 Å². The molecule has 1 aliphatic rings. The minimum atomic E-state index is -0.892. The molecule has 0 bridgehead atoms. The zero-order valence-corrected chi connectivity index (χ0v) is 8.40. The maximum Gasteiger partial charge on any atom is 0.339 e. The summed E-state index contributed by atoms with van der Waals surface area (Å²) in [6.07, 6.45) is 3.92. The molecule has 1 heterocycles. The van der Waals surface area contributed by atoms with E-state index < -0.39 is 5.97 Å². The molecule has 1 aromatic heterocycles. The van der Waals surface area contributed by atoms with Crippen molar-refractivity contribution in [3.8, 4) is 0 Å². The van der Waals surface area contributed by atoms with Crippen molar-refractivity contribution < 1.29 is 9.90 Å². The van der Waals surface area contributed by atoms with E-state index in [0.717, 1.165) is 5.69 Å². The summed E-state index contributed by atoms with van der Waals surface area (Å²) >= 11 is 0. The summed E-state index contributed by atoms with van der Waals surface area (Å²) < 4.78 is 1.83. The Hall–Kier alpha value is -1.32. The van der Waals surface area contributed by atoms with E-state index in [1.54, 1.807) is 0 Å². The molecule has 1 aromatic rings. The van der Waals surface area contributed by atoms with E-state index >= 15 is 0 Å². The molecular formula is C10H14N2O2. The number of carboxylic acids is 1. The average Bonchev–Trinajstić information content (AvgIpc) is 2.88. The van der Waals surface area contributed by atoms with Gasteiger partial charge in [-0.15, -0.1) is 0 Å². The molecule has 1 saturated carbocycles. The van der Waals surface area contributed by atoms with Crippen LogP contribution in [0.1, 0.15) is 41.9 Å². The van der Waals surface area contributed by atoms with Gasteiger partial charge in [0.15, 0.2) is 0 Å². The molecule has 1 atom stereocenters. The number of carboxylic acid groups (broad SMARTS) is 1. The fourth-order valence-electron chi connectivity index (χ4n) is 1.82. The molecule has 76 valence electrons. The van der Waals surface area contributed by atoms with E-state index in [-0.39, 0.29) is 0 Å². The zero-order valence-electron chi connectivity index (χ0n) is 8.40. The van der Waals surface area contributed by atoms with Crippen molar-refractivity contribution in [2.75, 3.05) is 0 Å². The Labute approximate surface area is 82.5 Å². The monoisotopic (exact) mass is 194 g/mol. The third kappa shape index (κ3) is 1.41. The van der Waals surface area contributed by atoms with E-state index in [1.165, 1.54) is 19.0 Å². The SMILES string of the molecule is Cc1c(C(=O)O)cnn1C(C)C1CC1. The van der Waals surface area contributed by atoms with Crippen LogP contribution in [0.3, 0.4) is 0 Å². The molecule has 1 aliphatic carbocycles. The first-order valence-electron chi connectivity index (χ1n) is 4.88. The van der Waals surface area contributed by atoms with Crippen LogP contribution < -0.4 is 0 Å². The van der Waals surface area contributed by atoms with Crippen molar-refractivity contribution in [3.05, 3.63) is 17.5 Å². The Balaban J connectivity index is 2.30. The van der Waals surface area contributed by atoms with Gasteiger partial charge in [-0.25, -0.2) is 4.79 Å². The van der Waals surface area contributed by atoms with Crippen molar-refractivity contribution in [1.82, 2.24) is 9.78 Å². The first kappa shape index (κ1) is 9.24. The molecule has 0 aliphatic heterocycles. The number of hydrogen-bond acceptors (Lipinski definition) is 2. The predicted molar refractivity (Wildman–Crippen MR) is 51.4 cm³/mol. The highest BCUT2D eigenvalue weighted by atomic mass is 16.4. The molecule has 4 heteroatoms. The first-order chi connectivity index (χ1) is 6.61. The molecule has 0 aromatic carbocycles. The molecule has 0 spiro atoms. The van der Waals surface area contributed by atoms with Crippen molar-refractivity contribution >= 4 is 5.97 Å². The Morgan fingerprint density at radius 1 is 1.71 bits per heavy atom. The van der Waals surface area contributed by atoms with Gasteiger partial charge in [-0.1, -0.05) is 0 Å². The zero-order chi connectivity index (χ0) is 10.3. The van der Waals surface area contributed by atoms with Gasteiger partial charge in [-0.2, -0.15) is 5.10 Å². The highest BCUT2D eigenvalue weighted by Crippen LogP contribution is 2.39. The highest BCUT2D eigenvalue weighted by molar-refractivity contribution is 5.88. The van der Waals surface area contributed by atoms with Crippen LogP contribution in [0.25, 0.3) is 0 Å². The number of nitrogens with zero attached hydrogens (tertiary/aromatic N) is 2. The largest absolute Gasteiger partial charge is 0.478 e. The minimum absolute atomic E-state index is 0.317. The topological polar surface area (TPSA) is 55.1 Å². The van der Waals surface area contributed by atoms with Gasteiger partial charge in [0.05, 0.1) is 17.9 Å². The Kier molecular flexibility index (Phi) is 2.06.